The van der Waals surface area contributed by atoms with Gasteiger partial charge < -0.3 is 21.0 Å². The Morgan fingerprint density at radius 1 is 1.56 bits per heavy atom. The van der Waals surface area contributed by atoms with Gasteiger partial charge in [-0.3, -0.25) is 4.79 Å². The summed E-state index contributed by atoms with van der Waals surface area (Å²) in [6, 6.07) is 0. The normalized spacial score (nSPS) is 21.0. The second-order valence-corrected chi connectivity index (χ2v) is 3.86. The third-order valence-electron chi connectivity index (χ3n) is 2.55. The number of amides is 1. The first-order valence-corrected chi connectivity index (χ1v) is 5.57. The third kappa shape index (κ3) is 4.97. The lowest BCUT2D eigenvalue weighted by atomic mass is 10.1. The van der Waals surface area contributed by atoms with Crippen LogP contribution in [0.1, 0.15) is 32.1 Å². The fraction of sp³-hybridized carbons (Fsp3) is 0.800. The Hall–Kier alpha value is -1.30. The van der Waals surface area contributed by atoms with Crippen molar-refractivity contribution in [3.63, 3.8) is 0 Å². The van der Waals surface area contributed by atoms with E-state index >= 15 is 0 Å². The molecule has 0 aromatic heterocycles. The molecule has 1 fully saturated rings. The van der Waals surface area contributed by atoms with Gasteiger partial charge in [-0.1, -0.05) is 5.16 Å². The number of carbonyl (C=O) groups excluding carboxylic acids is 1. The first-order chi connectivity index (χ1) is 7.72. The highest BCUT2D eigenvalue weighted by Gasteiger charge is 2.16. The fourth-order valence-corrected chi connectivity index (χ4v) is 1.63. The summed E-state index contributed by atoms with van der Waals surface area (Å²) in [7, 11) is 0. The second kappa shape index (κ2) is 7.05. The maximum atomic E-state index is 11.4. The van der Waals surface area contributed by atoms with Crippen LogP contribution in [0.3, 0.4) is 0 Å². The predicted octanol–water partition coefficient (Wildman–Crippen LogP) is 0.198. The van der Waals surface area contributed by atoms with Crippen LogP contribution in [0, 0.1) is 0 Å². The number of nitrogens with zero attached hydrogens (tertiary/aromatic N) is 1. The molecule has 16 heavy (non-hydrogen) atoms. The second-order valence-electron chi connectivity index (χ2n) is 3.86. The van der Waals surface area contributed by atoms with Gasteiger partial charge >= 0.3 is 0 Å². The van der Waals surface area contributed by atoms with Gasteiger partial charge in [-0.05, 0) is 19.3 Å². The molecule has 1 unspecified atom stereocenters. The van der Waals surface area contributed by atoms with E-state index in [1.54, 1.807) is 0 Å². The van der Waals surface area contributed by atoms with Crippen molar-refractivity contribution in [2.75, 3.05) is 13.2 Å². The van der Waals surface area contributed by atoms with E-state index in [9.17, 15) is 4.79 Å². The molecule has 0 saturated carbocycles. The van der Waals surface area contributed by atoms with Crippen LogP contribution < -0.4 is 11.1 Å². The molecule has 1 aliphatic rings. The van der Waals surface area contributed by atoms with Gasteiger partial charge in [0.05, 0.1) is 6.10 Å². The minimum Gasteiger partial charge on any atom is -0.409 e. The number of rotatable bonds is 6. The lowest BCUT2D eigenvalue weighted by molar-refractivity contribution is -0.121. The molecular formula is C10H19N3O3. The molecule has 0 aromatic rings. The standard InChI is InChI=1S/C10H19N3O3/c11-9(13-15)5-6-12-10(14)4-3-8-2-1-7-16-8/h8,15H,1-7H2,(H2,11,13)(H,12,14). The van der Waals surface area contributed by atoms with Gasteiger partial charge in [0, 0.05) is 26.0 Å². The van der Waals surface area contributed by atoms with Crippen molar-refractivity contribution < 1.29 is 14.7 Å². The van der Waals surface area contributed by atoms with E-state index in [0.717, 1.165) is 25.9 Å². The van der Waals surface area contributed by atoms with Crippen molar-refractivity contribution in [2.24, 2.45) is 10.9 Å². The molecule has 1 saturated heterocycles. The van der Waals surface area contributed by atoms with Crippen LogP contribution in [0.2, 0.25) is 0 Å². The molecule has 0 spiro atoms. The zero-order valence-corrected chi connectivity index (χ0v) is 9.32. The average molecular weight is 229 g/mol. The van der Waals surface area contributed by atoms with Crippen LogP contribution in [0.4, 0.5) is 0 Å². The summed E-state index contributed by atoms with van der Waals surface area (Å²) in [5, 5.41) is 13.8. The zero-order valence-electron chi connectivity index (χ0n) is 9.32. The molecule has 0 bridgehead atoms. The monoisotopic (exact) mass is 229 g/mol. The molecule has 1 rings (SSSR count). The van der Waals surface area contributed by atoms with E-state index in [2.05, 4.69) is 10.5 Å². The van der Waals surface area contributed by atoms with Crippen LogP contribution in [0.25, 0.3) is 0 Å². The van der Waals surface area contributed by atoms with E-state index in [1.165, 1.54) is 0 Å². The highest BCUT2D eigenvalue weighted by atomic mass is 16.5. The molecule has 1 amide bonds. The molecule has 0 radical (unpaired) electrons. The lowest BCUT2D eigenvalue weighted by Gasteiger charge is -2.09. The summed E-state index contributed by atoms with van der Waals surface area (Å²) in [4.78, 5) is 11.4. The number of nitrogens with two attached hydrogens (primary N) is 1. The number of oxime groups is 1. The molecule has 6 heteroatoms. The predicted molar refractivity (Wildman–Crippen MR) is 59.2 cm³/mol. The van der Waals surface area contributed by atoms with E-state index in [0.29, 0.717) is 19.4 Å². The molecule has 1 aliphatic heterocycles. The smallest absolute Gasteiger partial charge is 0.220 e. The topological polar surface area (TPSA) is 96.9 Å². The zero-order chi connectivity index (χ0) is 11.8. The van der Waals surface area contributed by atoms with Gasteiger partial charge in [0.15, 0.2) is 0 Å². The van der Waals surface area contributed by atoms with E-state index in [4.69, 9.17) is 15.7 Å². The molecule has 1 heterocycles. The van der Waals surface area contributed by atoms with Crippen LogP contribution >= 0.6 is 0 Å². The van der Waals surface area contributed by atoms with Gasteiger partial charge in [-0.15, -0.1) is 0 Å². The summed E-state index contributed by atoms with van der Waals surface area (Å²) in [5.41, 5.74) is 5.26. The first kappa shape index (κ1) is 12.8. The lowest BCUT2D eigenvalue weighted by Crippen LogP contribution is -2.28. The third-order valence-corrected chi connectivity index (χ3v) is 2.55. The Bertz CT molecular complexity index is 250. The summed E-state index contributed by atoms with van der Waals surface area (Å²) in [6.45, 7) is 1.22. The van der Waals surface area contributed by atoms with E-state index < -0.39 is 0 Å². The number of hydrogen-bond acceptors (Lipinski definition) is 4. The van der Waals surface area contributed by atoms with Gasteiger partial charge in [0.25, 0.3) is 0 Å². The minimum atomic E-state index is -0.0127. The Kier molecular flexibility index (Phi) is 5.63. The van der Waals surface area contributed by atoms with Crippen molar-refractivity contribution in [3.8, 4) is 0 Å². The number of ether oxygens (including phenoxy) is 1. The fourth-order valence-electron chi connectivity index (χ4n) is 1.63. The number of hydrogen-bond donors (Lipinski definition) is 3. The quantitative estimate of drug-likeness (QED) is 0.262. The summed E-state index contributed by atoms with van der Waals surface area (Å²) >= 11 is 0. The number of carbonyl (C=O) groups is 1. The van der Waals surface area contributed by atoms with E-state index in [-0.39, 0.29) is 17.8 Å². The Balaban J connectivity index is 2.02. The van der Waals surface area contributed by atoms with Crippen molar-refractivity contribution in [1.29, 1.82) is 0 Å². The molecule has 0 aliphatic carbocycles. The summed E-state index contributed by atoms with van der Waals surface area (Å²) in [6.07, 6.45) is 4.00. The van der Waals surface area contributed by atoms with Crippen molar-refractivity contribution >= 4 is 11.7 Å². The van der Waals surface area contributed by atoms with Crippen LogP contribution in [0.15, 0.2) is 5.16 Å². The first-order valence-electron chi connectivity index (χ1n) is 5.57. The highest BCUT2D eigenvalue weighted by Crippen LogP contribution is 2.16. The van der Waals surface area contributed by atoms with Crippen molar-refractivity contribution in [3.05, 3.63) is 0 Å². The molecule has 0 aromatic carbocycles. The van der Waals surface area contributed by atoms with E-state index in [1.807, 2.05) is 0 Å². The molecule has 92 valence electrons. The van der Waals surface area contributed by atoms with Crippen LogP contribution in [0.5, 0.6) is 0 Å². The molecule has 1 atom stereocenters. The van der Waals surface area contributed by atoms with Gasteiger partial charge in [-0.25, -0.2) is 0 Å². The Morgan fingerprint density at radius 2 is 2.38 bits per heavy atom. The molecule has 6 nitrogen and oxygen atoms in total. The van der Waals surface area contributed by atoms with Crippen molar-refractivity contribution in [1.82, 2.24) is 5.32 Å². The SMILES string of the molecule is NC(CCNC(=O)CCC1CCCO1)=NO. The van der Waals surface area contributed by atoms with Crippen LogP contribution in [-0.2, 0) is 9.53 Å². The summed E-state index contributed by atoms with van der Waals surface area (Å²) in [5.74, 6) is 0.112. The van der Waals surface area contributed by atoms with Gasteiger partial charge in [0.2, 0.25) is 5.91 Å². The molecular weight excluding hydrogens is 210 g/mol. The number of amidine groups is 1. The van der Waals surface area contributed by atoms with Gasteiger partial charge in [0.1, 0.15) is 5.84 Å². The van der Waals surface area contributed by atoms with Gasteiger partial charge in [-0.2, -0.15) is 0 Å². The van der Waals surface area contributed by atoms with Crippen LogP contribution in [-0.4, -0.2) is 36.2 Å². The maximum Gasteiger partial charge on any atom is 0.220 e. The molecule has 4 N–H and O–H groups in total. The average Bonchev–Trinajstić information content (AvgIpc) is 2.79. The maximum absolute atomic E-state index is 11.4. The summed E-state index contributed by atoms with van der Waals surface area (Å²) < 4.78 is 5.41. The minimum absolute atomic E-state index is 0.0127. The Morgan fingerprint density at radius 3 is 3.00 bits per heavy atom. The Labute approximate surface area is 94.8 Å². The van der Waals surface area contributed by atoms with Crippen molar-refractivity contribution in [2.45, 2.75) is 38.2 Å². The highest BCUT2D eigenvalue weighted by molar-refractivity contribution is 5.81. The largest absolute Gasteiger partial charge is 0.409 e. The number of nitrogens with one attached hydrogen (secondary N) is 1.